The lowest BCUT2D eigenvalue weighted by molar-refractivity contribution is -0.133. The van der Waals surface area contributed by atoms with Crippen molar-refractivity contribution >= 4 is 11.8 Å². The molecule has 0 aromatic heterocycles. The van der Waals surface area contributed by atoms with Gasteiger partial charge in [-0.05, 0) is 50.5 Å². The van der Waals surface area contributed by atoms with Gasteiger partial charge in [-0.2, -0.15) is 0 Å². The molecule has 0 radical (unpaired) electrons. The Morgan fingerprint density at radius 1 is 1.31 bits per heavy atom. The van der Waals surface area contributed by atoms with Crippen molar-refractivity contribution in [3.8, 4) is 0 Å². The first-order valence-electron chi connectivity index (χ1n) is 9.89. The number of fused-ring (bicyclic) bond motifs is 1. The van der Waals surface area contributed by atoms with Crippen molar-refractivity contribution in [3.63, 3.8) is 0 Å². The fourth-order valence-electron chi connectivity index (χ4n) is 4.46. The summed E-state index contributed by atoms with van der Waals surface area (Å²) in [5, 5.41) is 3.17. The Bertz CT molecular complexity index is 750. The molecule has 1 heterocycles. The third-order valence-electron chi connectivity index (χ3n) is 6.12. The van der Waals surface area contributed by atoms with E-state index in [9.17, 15) is 9.59 Å². The Hall–Kier alpha value is -2.10. The second kappa shape index (κ2) is 6.90. The number of carbonyl (C=O) groups excluding carboxylic acids is 2. The second-order valence-corrected chi connectivity index (χ2v) is 8.30. The summed E-state index contributed by atoms with van der Waals surface area (Å²) < 4.78 is 0. The summed E-state index contributed by atoms with van der Waals surface area (Å²) in [5.74, 6) is 1.03. The Labute approximate surface area is 155 Å². The lowest BCUT2D eigenvalue weighted by atomic mass is 9.76. The quantitative estimate of drug-likeness (QED) is 0.853. The van der Waals surface area contributed by atoms with Gasteiger partial charge in [0.25, 0.3) is 0 Å². The van der Waals surface area contributed by atoms with Crippen LogP contribution in [0.3, 0.4) is 0 Å². The standard InChI is InChI=1S/C22H28N2O2/c1-16-4-2-5-18(12-16)13-20(25)23-15-22-10-3-6-19(22)24(14-17-7-8-17)21(26)9-11-22/h2,4-6,12,17H,3,7-11,13-15H2,1H3,(H,23,25). The molecule has 4 nitrogen and oxygen atoms in total. The summed E-state index contributed by atoms with van der Waals surface area (Å²) in [6, 6.07) is 8.11. The maximum atomic E-state index is 12.5. The van der Waals surface area contributed by atoms with Crippen molar-refractivity contribution in [3.05, 3.63) is 47.2 Å². The van der Waals surface area contributed by atoms with E-state index in [0.29, 0.717) is 25.3 Å². The van der Waals surface area contributed by atoms with Crippen LogP contribution in [0.2, 0.25) is 0 Å². The van der Waals surface area contributed by atoms with Crippen LogP contribution in [0.1, 0.15) is 49.7 Å². The predicted molar refractivity (Wildman–Crippen MR) is 101 cm³/mol. The van der Waals surface area contributed by atoms with Gasteiger partial charge in [0, 0.05) is 30.6 Å². The summed E-state index contributed by atoms with van der Waals surface area (Å²) >= 11 is 0. The maximum Gasteiger partial charge on any atom is 0.226 e. The highest BCUT2D eigenvalue weighted by Gasteiger charge is 2.46. The van der Waals surface area contributed by atoms with Crippen molar-refractivity contribution in [1.29, 1.82) is 0 Å². The molecule has 1 aromatic rings. The highest BCUT2D eigenvalue weighted by atomic mass is 16.2. The third-order valence-corrected chi connectivity index (χ3v) is 6.12. The van der Waals surface area contributed by atoms with Crippen LogP contribution < -0.4 is 5.32 Å². The molecule has 2 fully saturated rings. The minimum Gasteiger partial charge on any atom is -0.355 e. The zero-order valence-electron chi connectivity index (χ0n) is 15.6. The highest BCUT2D eigenvalue weighted by Crippen LogP contribution is 2.48. The van der Waals surface area contributed by atoms with Crippen LogP contribution in [0.4, 0.5) is 0 Å². The van der Waals surface area contributed by atoms with Crippen LogP contribution in [0.25, 0.3) is 0 Å². The van der Waals surface area contributed by atoms with E-state index in [-0.39, 0.29) is 17.2 Å². The maximum absolute atomic E-state index is 12.5. The lowest BCUT2D eigenvalue weighted by Crippen LogP contribution is -2.48. The molecule has 1 N–H and O–H groups in total. The zero-order chi connectivity index (χ0) is 18.1. The number of piperidine rings is 1. The van der Waals surface area contributed by atoms with Gasteiger partial charge in [-0.25, -0.2) is 0 Å². The van der Waals surface area contributed by atoms with E-state index in [0.717, 1.165) is 31.4 Å². The summed E-state index contributed by atoms with van der Waals surface area (Å²) in [5.41, 5.74) is 3.38. The Morgan fingerprint density at radius 2 is 2.15 bits per heavy atom. The monoisotopic (exact) mass is 352 g/mol. The number of hydrogen-bond acceptors (Lipinski definition) is 2. The molecule has 3 aliphatic rings. The van der Waals surface area contributed by atoms with Gasteiger partial charge in [-0.15, -0.1) is 0 Å². The molecule has 138 valence electrons. The molecule has 1 saturated heterocycles. The SMILES string of the molecule is Cc1cccc(CC(=O)NCC23CCC=C2N(CC2CC2)C(=O)CC3)c1. The fourth-order valence-corrected chi connectivity index (χ4v) is 4.46. The number of amides is 2. The smallest absolute Gasteiger partial charge is 0.226 e. The van der Waals surface area contributed by atoms with Crippen LogP contribution in [0.5, 0.6) is 0 Å². The van der Waals surface area contributed by atoms with Crippen LogP contribution in [-0.2, 0) is 16.0 Å². The van der Waals surface area contributed by atoms with Crippen molar-refractivity contribution in [2.75, 3.05) is 13.1 Å². The molecule has 2 amide bonds. The summed E-state index contributed by atoms with van der Waals surface area (Å²) in [6.45, 7) is 3.57. The molecule has 1 unspecified atom stereocenters. The van der Waals surface area contributed by atoms with Gasteiger partial charge in [0.2, 0.25) is 11.8 Å². The van der Waals surface area contributed by atoms with Crippen molar-refractivity contribution in [2.24, 2.45) is 11.3 Å². The van der Waals surface area contributed by atoms with E-state index in [1.807, 2.05) is 30.0 Å². The minimum absolute atomic E-state index is 0.0366. The third kappa shape index (κ3) is 3.55. The minimum atomic E-state index is -0.0366. The first-order chi connectivity index (χ1) is 12.6. The Morgan fingerprint density at radius 3 is 2.92 bits per heavy atom. The number of aryl methyl sites for hydroxylation is 1. The van der Waals surface area contributed by atoms with Gasteiger partial charge in [-0.3, -0.25) is 9.59 Å². The van der Waals surface area contributed by atoms with E-state index in [4.69, 9.17) is 0 Å². The molecule has 2 aliphatic carbocycles. The van der Waals surface area contributed by atoms with E-state index in [2.05, 4.69) is 17.5 Å². The number of likely N-dealkylation sites (tertiary alicyclic amines) is 1. The number of benzene rings is 1. The van der Waals surface area contributed by atoms with E-state index in [1.165, 1.54) is 24.1 Å². The molecule has 1 saturated carbocycles. The topological polar surface area (TPSA) is 49.4 Å². The van der Waals surface area contributed by atoms with Gasteiger partial charge in [0.15, 0.2) is 0 Å². The Kier molecular flexibility index (Phi) is 4.60. The average molecular weight is 352 g/mol. The van der Waals surface area contributed by atoms with Gasteiger partial charge in [-0.1, -0.05) is 35.9 Å². The zero-order valence-corrected chi connectivity index (χ0v) is 15.6. The number of allylic oxidation sites excluding steroid dienone is 1. The van der Waals surface area contributed by atoms with E-state index < -0.39 is 0 Å². The number of rotatable bonds is 6. The van der Waals surface area contributed by atoms with Crippen LogP contribution in [-0.4, -0.2) is 29.8 Å². The van der Waals surface area contributed by atoms with Crippen molar-refractivity contribution in [1.82, 2.24) is 10.2 Å². The van der Waals surface area contributed by atoms with Gasteiger partial charge in [0.1, 0.15) is 0 Å². The number of hydrogen-bond donors (Lipinski definition) is 1. The molecular weight excluding hydrogens is 324 g/mol. The Balaban J connectivity index is 1.40. The first kappa shape index (κ1) is 17.3. The van der Waals surface area contributed by atoms with Gasteiger partial charge >= 0.3 is 0 Å². The molecule has 1 aliphatic heterocycles. The van der Waals surface area contributed by atoms with Crippen molar-refractivity contribution in [2.45, 2.75) is 51.9 Å². The van der Waals surface area contributed by atoms with E-state index >= 15 is 0 Å². The average Bonchev–Trinajstić information content (AvgIpc) is 3.33. The molecule has 26 heavy (non-hydrogen) atoms. The second-order valence-electron chi connectivity index (χ2n) is 8.30. The summed E-state index contributed by atoms with van der Waals surface area (Å²) in [4.78, 5) is 27.0. The fraction of sp³-hybridized carbons (Fsp3) is 0.545. The molecular formula is C22H28N2O2. The molecule has 0 spiro atoms. The molecule has 4 heteroatoms. The summed E-state index contributed by atoms with van der Waals surface area (Å²) in [6.07, 6.45) is 8.68. The van der Waals surface area contributed by atoms with Crippen LogP contribution in [0, 0.1) is 18.3 Å². The highest BCUT2D eigenvalue weighted by molar-refractivity contribution is 5.81. The number of carbonyl (C=O) groups is 2. The van der Waals surface area contributed by atoms with Gasteiger partial charge in [0.05, 0.1) is 6.42 Å². The molecule has 0 bridgehead atoms. The van der Waals surface area contributed by atoms with Crippen LogP contribution in [0.15, 0.2) is 36.0 Å². The lowest BCUT2D eigenvalue weighted by Gasteiger charge is -2.42. The van der Waals surface area contributed by atoms with Gasteiger partial charge < -0.3 is 10.2 Å². The van der Waals surface area contributed by atoms with Crippen LogP contribution >= 0.6 is 0 Å². The largest absolute Gasteiger partial charge is 0.355 e. The normalized spacial score (nSPS) is 25.0. The van der Waals surface area contributed by atoms with Crippen molar-refractivity contribution < 1.29 is 9.59 Å². The number of nitrogens with one attached hydrogen (secondary N) is 1. The molecule has 4 rings (SSSR count). The summed E-state index contributed by atoms with van der Waals surface area (Å²) in [7, 11) is 0. The molecule has 1 atom stereocenters. The molecule has 1 aromatic carbocycles. The van der Waals surface area contributed by atoms with E-state index in [1.54, 1.807) is 0 Å². The first-order valence-corrected chi connectivity index (χ1v) is 9.89. The predicted octanol–water partition coefficient (Wildman–Crippen LogP) is 3.35. The number of nitrogens with zero attached hydrogens (tertiary/aromatic N) is 1.